The van der Waals surface area contributed by atoms with Gasteiger partial charge in [-0.2, -0.15) is 18.4 Å². The van der Waals surface area contributed by atoms with E-state index in [1.807, 2.05) is 32.9 Å². The minimum Gasteiger partial charge on any atom is -0.490 e. The summed E-state index contributed by atoms with van der Waals surface area (Å²) >= 11 is 0. The van der Waals surface area contributed by atoms with Gasteiger partial charge in [0.15, 0.2) is 0 Å². The molecule has 35 heavy (non-hydrogen) atoms. The zero-order valence-corrected chi connectivity index (χ0v) is 20.5. The van der Waals surface area contributed by atoms with Gasteiger partial charge in [0.1, 0.15) is 24.7 Å². The maximum absolute atomic E-state index is 12.6. The lowest BCUT2D eigenvalue weighted by Crippen LogP contribution is -2.22. The SMILES string of the molecule is Cc1ccc(S(=O)(=O)N/N=C(/c2ccc(OCCOc3ccc([N+](=O)[O-])cc3)cc2)C(C)C)cc1. The van der Waals surface area contributed by atoms with E-state index in [2.05, 4.69) is 9.93 Å². The van der Waals surface area contributed by atoms with E-state index in [0.717, 1.165) is 11.1 Å². The molecule has 0 aliphatic rings. The monoisotopic (exact) mass is 497 g/mol. The van der Waals surface area contributed by atoms with E-state index >= 15 is 0 Å². The minimum absolute atomic E-state index is 0.000875. The second-order valence-corrected chi connectivity index (χ2v) is 9.69. The third-order valence-corrected chi connectivity index (χ3v) is 6.21. The first-order valence-electron chi connectivity index (χ1n) is 10.9. The van der Waals surface area contributed by atoms with Crippen molar-refractivity contribution >= 4 is 21.4 Å². The smallest absolute Gasteiger partial charge is 0.276 e. The Morgan fingerprint density at radius 1 is 0.914 bits per heavy atom. The maximum Gasteiger partial charge on any atom is 0.276 e. The van der Waals surface area contributed by atoms with E-state index in [4.69, 9.17) is 9.47 Å². The van der Waals surface area contributed by atoms with Crippen LogP contribution in [0.5, 0.6) is 11.5 Å². The van der Waals surface area contributed by atoms with Gasteiger partial charge in [0, 0.05) is 12.1 Å². The number of rotatable bonds is 11. The molecule has 0 saturated carbocycles. The zero-order chi connectivity index (χ0) is 25.4. The predicted octanol–water partition coefficient (Wildman–Crippen LogP) is 4.70. The van der Waals surface area contributed by atoms with Gasteiger partial charge < -0.3 is 9.47 Å². The van der Waals surface area contributed by atoms with Gasteiger partial charge in [0.2, 0.25) is 0 Å². The standard InChI is InChI=1S/C25H27N3O6S/c1-18(2)25(26-27-35(31,32)24-14-4-19(3)5-15-24)20-6-10-22(11-7-20)33-16-17-34-23-12-8-21(9-13-23)28(29)30/h4-15,18,27H,16-17H2,1-3H3/b26-25+. The molecule has 0 bridgehead atoms. The Hall–Kier alpha value is -3.92. The summed E-state index contributed by atoms with van der Waals surface area (Å²) in [5.41, 5.74) is 2.33. The van der Waals surface area contributed by atoms with Gasteiger partial charge in [-0.1, -0.05) is 31.5 Å². The predicted molar refractivity (Wildman–Crippen MR) is 133 cm³/mol. The van der Waals surface area contributed by atoms with Crippen LogP contribution in [0, 0.1) is 23.0 Å². The van der Waals surface area contributed by atoms with Crippen LogP contribution in [0.4, 0.5) is 5.69 Å². The maximum atomic E-state index is 12.6. The molecule has 0 aliphatic heterocycles. The van der Waals surface area contributed by atoms with Crippen molar-refractivity contribution in [1.82, 2.24) is 4.83 Å². The number of hydrogen-bond donors (Lipinski definition) is 1. The first-order valence-corrected chi connectivity index (χ1v) is 12.4. The van der Waals surface area contributed by atoms with Crippen molar-refractivity contribution in [3.05, 3.63) is 94.0 Å². The summed E-state index contributed by atoms with van der Waals surface area (Å²) in [5, 5.41) is 14.9. The molecular weight excluding hydrogens is 470 g/mol. The molecule has 184 valence electrons. The third-order valence-electron chi connectivity index (χ3n) is 4.98. The number of nitro benzene ring substituents is 1. The van der Waals surface area contributed by atoms with Crippen LogP contribution >= 0.6 is 0 Å². The first-order chi connectivity index (χ1) is 16.7. The average Bonchev–Trinajstić information content (AvgIpc) is 2.83. The van der Waals surface area contributed by atoms with Crippen molar-refractivity contribution in [2.75, 3.05) is 13.2 Å². The number of nitrogens with one attached hydrogen (secondary N) is 1. The van der Waals surface area contributed by atoms with Crippen molar-refractivity contribution in [2.24, 2.45) is 11.0 Å². The van der Waals surface area contributed by atoms with Gasteiger partial charge >= 0.3 is 0 Å². The molecule has 0 atom stereocenters. The van der Waals surface area contributed by atoms with Crippen molar-refractivity contribution in [2.45, 2.75) is 25.7 Å². The lowest BCUT2D eigenvalue weighted by atomic mass is 10.0. The molecule has 0 amide bonds. The quantitative estimate of drug-likeness (QED) is 0.177. The molecule has 1 N–H and O–H groups in total. The molecule has 3 rings (SSSR count). The molecule has 0 aromatic heterocycles. The normalized spacial score (nSPS) is 11.8. The highest BCUT2D eigenvalue weighted by atomic mass is 32.2. The summed E-state index contributed by atoms with van der Waals surface area (Å²) in [6.45, 7) is 6.28. The number of sulfonamides is 1. The Morgan fingerprint density at radius 3 is 1.91 bits per heavy atom. The number of nitrogens with zero attached hydrogens (tertiary/aromatic N) is 2. The van der Waals surface area contributed by atoms with E-state index in [0.29, 0.717) is 17.2 Å². The Labute approximate surface area is 204 Å². The van der Waals surface area contributed by atoms with Crippen LogP contribution in [-0.4, -0.2) is 32.3 Å². The number of non-ortho nitro benzene ring substituents is 1. The highest BCUT2D eigenvalue weighted by molar-refractivity contribution is 7.89. The summed E-state index contributed by atoms with van der Waals surface area (Å²) in [5.74, 6) is 1.10. The number of aryl methyl sites for hydroxylation is 1. The van der Waals surface area contributed by atoms with E-state index in [9.17, 15) is 18.5 Å². The zero-order valence-electron chi connectivity index (χ0n) is 19.7. The Bertz CT molecular complexity index is 1270. The fourth-order valence-electron chi connectivity index (χ4n) is 3.11. The van der Waals surface area contributed by atoms with Crippen LogP contribution in [0.25, 0.3) is 0 Å². The van der Waals surface area contributed by atoms with Crippen molar-refractivity contribution in [1.29, 1.82) is 0 Å². The minimum atomic E-state index is -3.78. The molecule has 0 unspecified atom stereocenters. The second-order valence-electron chi connectivity index (χ2n) is 8.03. The third kappa shape index (κ3) is 7.28. The van der Waals surface area contributed by atoms with Crippen molar-refractivity contribution in [3.8, 4) is 11.5 Å². The summed E-state index contributed by atoms with van der Waals surface area (Å²) < 4.78 is 36.4. The Morgan fingerprint density at radius 2 is 1.43 bits per heavy atom. The molecule has 0 heterocycles. The summed E-state index contributed by atoms with van der Waals surface area (Å²) in [6, 6.07) is 19.5. The van der Waals surface area contributed by atoms with Gasteiger partial charge in [0.25, 0.3) is 15.7 Å². The molecule has 10 heteroatoms. The summed E-state index contributed by atoms with van der Waals surface area (Å²) in [7, 11) is -3.78. The van der Waals surface area contributed by atoms with Crippen molar-refractivity contribution in [3.63, 3.8) is 0 Å². The molecular formula is C25H27N3O6S. The van der Waals surface area contributed by atoms with Gasteiger partial charge in [-0.15, -0.1) is 0 Å². The fraction of sp³-hybridized carbons (Fsp3) is 0.240. The van der Waals surface area contributed by atoms with E-state index < -0.39 is 14.9 Å². The number of ether oxygens (including phenoxy) is 2. The lowest BCUT2D eigenvalue weighted by Gasteiger charge is -2.13. The molecule has 3 aromatic rings. The molecule has 0 saturated heterocycles. The highest BCUT2D eigenvalue weighted by Crippen LogP contribution is 2.19. The molecule has 3 aromatic carbocycles. The fourth-order valence-corrected chi connectivity index (χ4v) is 3.93. The van der Waals surface area contributed by atoms with Crippen LogP contribution in [0.15, 0.2) is 82.8 Å². The van der Waals surface area contributed by atoms with Gasteiger partial charge in [-0.05, 0) is 66.9 Å². The molecule has 0 aliphatic carbocycles. The highest BCUT2D eigenvalue weighted by Gasteiger charge is 2.15. The lowest BCUT2D eigenvalue weighted by molar-refractivity contribution is -0.384. The summed E-state index contributed by atoms with van der Waals surface area (Å²) in [6.07, 6.45) is 0. The molecule has 0 fully saturated rings. The number of hydrazone groups is 1. The van der Waals surface area contributed by atoms with Crippen LogP contribution in [-0.2, 0) is 10.0 Å². The van der Waals surface area contributed by atoms with Crippen LogP contribution in [0.3, 0.4) is 0 Å². The van der Waals surface area contributed by atoms with E-state index in [1.54, 1.807) is 36.4 Å². The van der Waals surface area contributed by atoms with E-state index in [-0.39, 0.29) is 29.7 Å². The molecule has 0 spiro atoms. The topological polar surface area (TPSA) is 120 Å². The number of benzene rings is 3. The number of nitro groups is 1. The number of hydrogen-bond acceptors (Lipinski definition) is 7. The largest absolute Gasteiger partial charge is 0.490 e. The van der Waals surface area contributed by atoms with Gasteiger partial charge in [-0.25, -0.2) is 0 Å². The Balaban J connectivity index is 1.57. The summed E-state index contributed by atoms with van der Waals surface area (Å²) in [4.78, 5) is 12.7. The molecule has 9 nitrogen and oxygen atoms in total. The van der Waals surface area contributed by atoms with Crippen LogP contribution in [0.1, 0.15) is 25.0 Å². The van der Waals surface area contributed by atoms with Gasteiger partial charge in [-0.3, -0.25) is 10.1 Å². The van der Waals surface area contributed by atoms with Crippen LogP contribution < -0.4 is 14.3 Å². The second kappa shape index (κ2) is 11.5. The average molecular weight is 498 g/mol. The van der Waals surface area contributed by atoms with E-state index in [1.165, 1.54) is 24.3 Å². The van der Waals surface area contributed by atoms with Crippen molar-refractivity contribution < 1.29 is 22.8 Å². The Kier molecular flexibility index (Phi) is 8.43. The molecule has 0 radical (unpaired) electrons. The first kappa shape index (κ1) is 25.7. The van der Waals surface area contributed by atoms with Gasteiger partial charge in [0.05, 0.1) is 15.5 Å². The van der Waals surface area contributed by atoms with Crippen LogP contribution in [0.2, 0.25) is 0 Å².